The minimum absolute atomic E-state index is 0.136. The van der Waals surface area contributed by atoms with Crippen molar-refractivity contribution in [3.05, 3.63) is 28.3 Å². The second-order valence-electron chi connectivity index (χ2n) is 3.66. The molecule has 0 unspecified atom stereocenters. The number of anilines is 2. The van der Waals surface area contributed by atoms with Crippen molar-refractivity contribution in [2.24, 2.45) is 0 Å². The predicted octanol–water partition coefficient (Wildman–Crippen LogP) is -0.316. The van der Waals surface area contributed by atoms with Crippen LogP contribution in [0.4, 0.5) is 11.5 Å². The Kier molecular flexibility index (Phi) is 3.21. The Morgan fingerprint density at radius 1 is 1.56 bits per heavy atom. The molecule has 1 aromatic heterocycles. The van der Waals surface area contributed by atoms with Crippen LogP contribution in [0.15, 0.2) is 22.8 Å². The van der Waals surface area contributed by atoms with E-state index in [1.807, 2.05) is 0 Å². The summed E-state index contributed by atoms with van der Waals surface area (Å²) in [5.41, 5.74) is 6.73. The van der Waals surface area contributed by atoms with Crippen LogP contribution in [0.3, 0.4) is 0 Å². The Morgan fingerprint density at radius 3 is 3.19 bits per heavy atom. The van der Waals surface area contributed by atoms with E-state index in [1.165, 1.54) is 11.9 Å². The first-order chi connectivity index (χ1) is 7.77. The normalized spacial score (nSPS) is 15.6. The van der Waals surface area contributed by atoms with Gasteiger partial charge in [0.1, 0.15) is 5.69 Å². The lowest BCUT2D eigenvalue weighted by atomic mass is 10.1. The van der Waals surface area contributed by atoms with E-state index in [9.17, 15) is 4.79 Å². The van der Waals surface area contributed by atoms with E-state index in [-0.39, 0.29) is 11.2 Å². The summed E-state index contributed by atoms with van der Waals surface area (Å²) in [5, 5.41) is 6.31. The number of aromatic amines is 1. The summed E-state index contributed by atoms with van der Waals surface area (Å²) >= 11 is 0. The Labute approximate surface area is 93.0 Å². The second-order valence-corrected chi connectivity index (χ2v) is 3.66. The molecule has 2 heterocycles. The van der Waals surface area contributed by atoms with Gasteiger partial charge in [-0.2, -0.15) is 0 Å². The highest BCUT2D eigenvalue weighted by Crippen LogP contribution is 2.10. The molecular weight excluding hydrogens is 206 g/mol. The lowest BCUT2D eigenvalue weighted by Crippen LogP contribution is -2.24. The molecule has 6 heteroatoms. The fraction of sp³-hybridized carbons (Fsp3) is 0.400. The van der Waals surface area contributed by atoms with Gasteiger partial charge in [0.25, 0.3) is 5.56 Å². The number of nitrogen functional groups attached to an aromatic ring is 1. The number of H-pyrrole nitrogens is 1. The van der Waals surface area contributed by atoms with Gasteiger partial charge in [0.05, 0.1) is 6.33 Å². The van der Waals surface area contributed by atoms with Gasteiger partial charge in [-0.3, -0.25) is 4.79 Å². The van der Waals surface area contributed by atoms with Gasteiger partial charge in [-0.05, 0) is 13.0 Å². The van der Waals surface area contributed by atoms with E-state index in [1.54, 1.807) is 0 Å². The molecule has 16 heavy (non-hydrogen) atoms. The molecule has 1 aliphatic rings. The monoisotopic (exact) mass is 221 g/mol. The molecule has 86 valence electrons. The van der Waals surface area contributed by atoms with E-state index in [0.29, 0.717) is 12.4 Å². The van der Waals surface area contributed by atoms with Gasteiger partial charge in [-0.25, -0.2) is 4.98 Å². The maximum Gasteiger partial charge on any atom is 0.276 e. The first-order valence-electron chi connectivity index (χ1n) is 5.23. The molecule has 2 rings (SSSR count). The number of aromatic nitrogens is 2. The van der Waals surface area contributed by atoms with Crippen LogP contribution in [0.25, 0.3) is 0 Å². The molecule has 0 aromatic carbocycles. The topological polar surface area (TPSA) is 95.8 Å². The smallest absolute Gasteiger partial charge is 0.276 e. The average molecular weight is 221 g/mol. The van der Waals surface area contributed by atoms with Crippen LogP contribution < -0.4 is 21.9 Å². The Hall–Kier alpha value is -1.82. The van der Waals surface area contributed by atoms with Crippen LogP contribution in [0, 0.1) is 0 Å². The first kappa shape index (κ1) is 10.7. The van der Waals surface area contributed by atoms with Gasteiger partial charge < -0.3 is 21.4 Å². The van der Waals surface area contributed by atoms with Crippen molar-refractivity contribution in [2.75, 3.05) is 30.7 Å². The van der Waals surface area contributed by atoms with Crippen LogP contribution >= 0.6 is 0 Å². The van der Waals surface area contributed by atoms with Crippen molar-refractivity contribution in [3.63, 3.8) is 0 Å². The fourth-order valence-corrected chi connectivity index (χ4v) is 1.58. The Balaban J connectivity index is 2.02. The third kappa shape index (κ3) is 2.40. The average Bonchev–Trinajstić information content (AvgIpc) is 2.32. The highest BCUT2D eigenvalue weighted by atomic mass is 16.1. The van der Waals surface area contributed by atoms with Gasteiger partial charge in [-0.15, -0.1) is 0 Å². The van der Waals surface area contributed by atoms with Gasteiger partial charge in [-0.1, -0.05) is 11.6 Å². The van der Waals surface area contributed by atoms with E-state index in [2.05, 4.69) is 26.7 Å². The lowest BCUT2D eigenvalue weighted by Gasteiger charge is -2.15. The summed E-state index contributed by atoms with van der Waals surface area (Å²) in [4.78, 5) is 17.6. The van der Waals surface area contributed by atoms with E-state index in [4.69, 9.17) is 5.73 Å². The van der Waals surface area contributed by atoms with Crippen LogP contribution in [0.5, 0.6) is 0 Å². The maximum atomic E-state index is 11.2. The minimum Gasteiger partial charge on any atom is -0.391 e. The van der Waals surface area contributed by atoms with Gasteiger partial charge in [0.15, 0.2) is 5.82 Å². The largest absolute Gasteiger partial charge is 0.391 e. The van der Waals surface area contributed by atoms with Crippen LogP contribution in [0.1, 0.15) is 6.42 Å². The second kappa shape index (κ2) is 4.80. The lowest BCUT2D eigenvalue weighted by molar-refractivity contribution is 0.697. The zero-order chi connectivity index (χ0) is 11.4. The molecule has 0 fully saturated rings. The van der Waals surface area contributed by atoms with Gasteiger partial charge >= 0.3 is 0 Å². The van der Waals surface area contributed by atoms with E-state index in [0.717, 1.165) is 19.5 Å². The highest BCUT2D eigenvalue weighted by Gasteiger charge is 2.06. The number of hydrogen-bond donors (Lipinski definition) is 4. The SMILES string of the molecule is Nc1c(NCC2=CCNCC2)nc[nH]c1=O. The van der Waals surface area contributed by atoms with E-state index >= 15 is 0 Å². The number of nitrogens with two attached hydrogens (primary N) is 1. The molecule has 0 saturated heterocycles. The molecule has 0 saturated carbocycles. The van der Waals surface area contributed by atoms with Gasteiger partial charge in [0.2, 0.25) is 0 Å². The Morgan fingerprint density at radius 2 is 2.44 bits per heavy atom. The van der Waals surface area contributed by atoms with Crippen molar-refractivity contribution in [2.45, 2.75) is 6.42 Å². The van der Waals surface area contributed by atoms with Crippen molar-refractivity contribution in [3.8, 4) is 0 Å². The third-order valence-corrected chi connectivity index (χ3v) is 2.53. The molecule has 1 aliphatic heterocycles. The summed E-state index contributed by atoms with van der Waals surface area (Å²) in [6.07, 6.45) is 4.49. The molecule has 5 N–H and O–H groups in total. The number of nitrogens with zero attached hydrogens (tertiary/aromatic N) is 1. The van der Waals surface area contributed by atoms with Gasteiger partial charge in [0, 0.05) is 13.1 Å². The summed E-state index contributed by atoms with van der Waals surface area (Å²) in [7, 11) is 0. The van der Waals surface area contributed by atoms with Crippen molar-refractivity contribution >= 4 is 11.5 Å². The molecule has 1 aromatic rings. The molecule has 0 atom stereocenters. The quantitative estimate of drug-likeness (QED) is 0.525. The summed E-state index contributed by atoms with van der Waals surface area (Å²) in [5.74, 6) is 0.447. The van der Waals surface area contributed by atoms with E-state index < -0.39 is 0 Å². The molecule has 0 spiro atoms. The third-order valence-electron chi connectivity index (χ3n) is 2.53. The number of nitrogens with one attached hydrogen (secondary N) is 3. The van der Waals surface area contributed by atoms with Crippen molar-refractivity contribution < 1.29 is 0 Å². The maximum absolute atomic E-state index is 11.2. The molecule has 6 nitrogen and oxygen atoms in total. The summed E-state index contributed by atoms with van der Waals surface area (Å²) in [6, 6.07) is 0. The number of rotatable bonds is 3. The molecule has 0 amide bonds. The summed E-state index contributed by atoms with van der Waals surface area (Å²) < 4.78 is 0. The zero-order valence-electron chi connectivity index (χ0n) is 8.92. The van der Waals surface area contributed by atoms with Crippen molar-refractivity contribution in [1.82, 2.24) is 15.3 Å². The zero-order valence-corrected chi connectivity index (χ0v) is 8.92. The number of hydrogen-bond acceptors (Lipinski definition) is 5. The predicted molar refractivity (Wildman–Crippen MR) is 63.3 cm³/mol. The van der Waals surface area contributed by atoms with Crippen LogP contribution in [-0.4, -0.2) is 29.6 Å². The fourth-order valence-electron chi connectivity index (χ4n) is 1.58. The highest BCUT2D eigenvalue weighted by molar-refractivity contribution is 5.59. The Bertz CT molecular complexity index is 451. The molecule has 0 aliphatic carbocycles. The summed E-state index contributed by atoms with van der Waals surface area (Å²) in [6.45, 7) is 2.57. The minimum atomic E-state index is -0.309. The van der Waals surface area contributed by atoms with Crippen LogP contribution in [0.2, 0.25) is 0 Å². The van der Waals surface area contributed by atoms with Crippen LogP contribution in [-0.2, 0) is 0 Å². The van der Waals surface area contributed by atoms with Crippen molar-refractivity contribution in [1.29, 1.82) is 0 Å². The molecular formula is C10H15N5O. The first-order valence-corrected chi connectivity index (χ1v) is 5.23. The molecule has 0 bridgehead atoms. The molecule has 0 radical (unpaired) electrons. The standard InChI is InChI=1S/C10H15N5O/c11-8-9(14-6-15-10(8)16)13-5-7-1-3-12-4-2-7/h1,6,12H,2-5,11H2,(H2,13,14,15,16).